The second-order valence-corrected chi connectivity index (χ2v) is 4.85. The molecule has 0 fully saturated rings. The Morgan fingerprint density at radius 1 is 1.06 bits per heavy atom. The van der Waals surface area contributed by atoms with Gasteiger partial charge in [-0.25, -0.2) is 0 Å². The summed E-state index contributed by atoms with van der Waals surface area (Å²) < 4.78 is 0. The predicted molar refractivity (Wildman–Crippen MR) is 78.1 cm³/mol. The molecule has 0 aliphatic rings. The van der Waals surface area contributed by atoms with Gasteiger partial charge in [0.1, 0.15) is 0 Å². The van der Waals surface area contributed by atoms with Gasteiger partial charge in [-0.1, -0.05) is 68.5 Å². The molecule has 1 aromatic rings. The van der Waals surface area contributed by atoms with Crippen LogP contribution < -0.4 is 0 Å². The highest BCUT2D eigenvalue weighted by molar-refractivity contribution is 5.74. The van der Waals surface area contributed by atoms with Gasteiger partial charge in [-0.3, -0.25) is 0 Å². The average molecular weight is 226 g/mol. The Kier molecular flexibility index (Phi) is 4.96. The first-order chi connectivity index (χ1) is 8.04. The second kappa shape index (κ2) is 6.24. The topological polar surface area (TPSA) is 0 Å². The van der Waals surface area contributed by atoms with Crippen molar-refractivity contribution in [1.82, 2.24) is 0 Å². The third kappa shape index (κ3) is 4.07. The summed E-state index contributed by atoms with van der Waals surface area (Å²) in [6, 6.07) is 8.73. The molecule has 0 heterocycles. The summed E-state index contributed by atoms with van der Waals surface area (Å²) in [5.74, 6) is 0.581. The Hall–Kier alpha value is -1.56. The van der Waals surface area contributed by atoms with Crippen LogP contribution in [0.3, 0.4) is 0 Å². The fraction of sp³-hybridized carbons (Fsp3) is 0.294. The maximum atomic E-state index is 3.88. The molecule has 0 aliphatic heterocycles. The van der Waals surface area contributed by atoms with E-state index >= 15 is 0 Å². The van der Waals surface area contributed by atoms with Gasteiger partial charge in [0.15, 0.2) is 0 Å². The fourth-order valence-corrected chi connectivity index (χ4v) is 1.60. The van der Waals surface area contributed by atoms with Crippen LogP contribution in [0.1, 0.15) is 44.7 Å². The third-order valence-electron chi connectivity index (χ3n) is 2.73. The molecular formula is C17H22. The van der Waals surface area contributed by atoms with E-state index in [2.05, 4.69) is 70.7 Å². The van der Waals surface area contributed by atoms with Crippen LogP contribution in [0.15, 0.2) is 54.6 Å². The Balaban J connectivity index is 3.02. The van der Waals surface area contributed by atoms with Crippen LogP contribution in [0.4, 0.5) is 0 Å². The van der Waals surface area contributed by atoms with Crippen molar-refractivity contribution in [2.75, 3.05) is 0 Å². The monoisotopic (exact) mass is 226 g/mol. The van der Waals surface area contributed by atoms with E-state index in [-0.39, 0.29) is 0 Å². The van der Waals surface area contributed by atoms with E-state index in [1.54, 1.807) is 0 Å². The molecule has 0 heteroatoms. The second-order valence-electron chi connectivity index (χ2n) is 4.85. The van der Waals surface area contributed by atoms with Gasteiger partial charge >= 0.3 is 0 Å². The summed E-state index contributed by atoms with van der Waals surface area (Å²) in [5, 5.41) is 0. The molecule has 0 aliphatic carbocycles. The highest BCUT2D eigenvalue weighted by atomic mass is 14.1. The van der Waals surface area contributed by atoms with E-state index in [0.717, 1.165) is 0 Å². The lowest BCUT2D eigenvalue weighted by atomic mass is 9.98. The molecule has 0 amide bonds. The molecule has 0 bridgehead atoms. The zero-order valence-corrected chi connectivity index (χ0v) is 11.3. The number of benzene rings is 1. The molecule has 0 aromatic heterocycles. The van der Waals surface area contributed by atoms with Crippen LogP contribution in [0, 0.1) is 0 Å². The van der Waals surface area contributed by atoms with Crippen molar-refractivity contribution in [3.05, 3.63) is 65.8 Å². The molecule has 90 valence electrons. The van der Waals surface area contributed by atoms with Crippen LogP contribution in [0.25, 0.3) is 5.57 Å². The van der Waals surface area contributed by atoms with E-state index in [1.165, 1.54) is 22.3 Å². The molecule has 0 saturated carbocycles. The first-order valence-electron chi connectivity index (χ1n) is 6.12. The Labute approximate surface area is 105 Å². The molecule has 0 radical (unpaired) electrons. The first-order valence-corrected chi connectivity index (χ1v) is 6.12. The summed E-state index contributed by atoms with van der Waals surface area (Å²) in [5.41, 5.74) is 5.06. The van der Waals surface area contributed by atoms with Gasteiger partial charge in [0.05, 0.1) is 0 Å². The third-order valence-corrected chi connectivity index (χ3v) is 2.73. The molecule has 0 unspecified atom stereocenters. The largest absolute Gasteiger partial charge is 0.0984 e. The van der Waals surface area contributed by atoms with E-state index in [9.17, 15) is 0 Å². The summed E-state index contributed by atoms with van der Waals surface area (Å²) >= 11 is 0. The van der Waals surface area contributed by atoms with E-state index < -0.39 is 0 Å². The number of hydrogen-bond donors (Lipinski definition) is 0. The van der Waals surface area contributed by atoms with Crippen molar-refractivity contribution in [3.8, 4) is 0 Å². The van der Waals surface area contributed by atoms with E-state index in [4.69, 9.17) is 0 Å². The number of hydrogen-bond acceptors (Lipinski definition) is 0. The van der Waals surface area contributed by atoms with E-state index in [0.29, 0.717) is 5.92 Å². The predicted octanol–water partition coefficient (Wildman–Crippen LogP) is 5.35. The molecule has 0 saturated heterocycles. The zero-order valence-electron chi connectivity index (χ0n) is 11.3. The van der Waals surface area contributed by atoms with Crippen molar-refractivity contribution in [3.63, 3.8) is 0 Å². The van der Waals surface area contributed by atoms with Crippen LogP contribution in [0.2, 0.25) is 0 Å². The smallest absolute Gasteiger partial charge is 0.0184 e. The minimum atomic E-state index is 0.581. The van der Waals surface area contributed by atoms with Gasteiger partial charge in [0.25, 0.3) is 0 Å². The van der Waals surface area contributed by atoms with Crippen LogP contribution in [0.5, 0.6) is 0 Å². The van der Waals surface area contributed by atoms with Crippen LogP contribution in [-0.2, 0) is 0 Å². The summed E-state index contributed by atoms with van der Waals surface area (Å²) in [7, 11) is 0. The molecule has 1 rings (SSSR count). The zero-order chi connectivity index (χ0) is 12.8. The first kappa shape index (κ1) is 13.5. The maximum Gasteiger partial charge on any atom is -0.0184 e. The average Bonchev–Trinajstić information content (AvgIpc) is 2.30. The van der Waals surface area contributed by atoms with Crippen molar-refractivity contribution >= 4 is 5.57 Å². The van der Waals surface area contributed by atoms with Crippen molar-refractivity contribution in [2.45, 2.75) is 33.6 Å². The lowest BCUT2D eigenvalue weighted by Gasteiger charge is -2.07. The molecule has 0 atom stereocenters. The van der Waals surface area contributed by atoms with Gasteiger partial charge in [-0.2, -0.15) is 0 Å². The summed E-state index contributed by atoms with van der Waals surface area (Å²) in [4.78, 5) is 0. The van der Waals surface area contributed by atoms with E-state index in [1.807, 2.05) is 6.08 Å². The van der Waals surface area contributed by atoms with Gasteiger partial charge in [0.2, 0.25) is 0 Å². The molecule has 1 aromatic carbocycles. The SMILES string of the molecule is C=C/C(=C\C=C(C)C)c1ccc(C(C)C)cc1. The number of allylic oxidation sites excluding steroid dienone is 5. The van der Waals surface area contributed by atoms with Gasteiger partial charge in [-0.05, 0) is 36.5 Å². The van der Waals surface area contributed by atoms with Crippen molar-refractivity contribution in [2.24, 2.45) is 0 Å². The van der Waals surface area contributed by atoms with Crippen molar-refractivity contribution < 1.29 is 0 Å². The normalized spacial score (nSPS) is 11.5. The van der Waals surface area contributed by atoms with Crippen LogP contribution in [-0.4, -0.2) is 0 Å². The summed E-state index contributed by atoms with van der Waals surface area (Å²) in [6.07, 6.45) is 6.14. The van der Waals surface area contributed by atoms with Gasteiger partial charge in [0, 0.05) is 0 Å². The quantitative estimate of drug-likeness (QED) is 0.607. The Morgan fingerprint density at radius 3 is 2.06 bits per heavy atom. The van der Waals surface area contributed by atoms with Crippen molar-refractivity contribution in [1.29, 1.82) is 0 Å². The molecule has 0 N–H and O–H groups in total. The minimum Gasteiger partial charge on any atom is -0.0984 e. The fourth-order valence-electron chi connectivity index (χ4n) is 1.60. The van der Waals surface area contributed by atoms with Gasteiger partial charge < -0.3 is 0 Å². The highest BCUT2D eigenvalue weighted by Gasteiger charge is 2.00. The Bertz CT molecular complexity index is 424. The van der Waals surface area contributed by atoms with Gasteiger partial charge in [-0.15, -0.1) is 0 Å². The number of rotatable bonds is 4. The molecule has 0 spiro atoms. The lowest BCUT2D eigenvalue weighted by Crippen LogP contribution is -1.88. The highest BCUT2D eigenvalue weighted by Crippen LogP contribution is 2.20. The van der Waals surface area contributed by atoms with Crippen LogP contribution >= 0.6 is 0 Å². The lowest BCUT2D eigenvalue weighted by molar-refractivity contribution is 0.866. The molecule has 0 nitrogen and oxygen atoms in total. The Morgan fingerprint density at radius 2 is 1.65 bits per heavy atom. The maximum absolute atomic E-state index is 3.88. The standard InChI is InChI=1S/C17H22/c1-6-15(8-7-13(2)3)17-11-9-16(10-12-17)14(4)5/h6-12,14H,1H2,2-5H3/b15-8+. The summed E-state index contributed by atoms with van der Waals surface area (Å²) in [6.45, 7) is 12.5. The molecular weight excluding hydrogens is 204 g/mol. The molecule has 17 heavy (non-hydrogen) atoms. The minimum absolute atomic E-state index is 0.581.